The first-order valence-electron chi connectivity index (χ1n) is 6.75. The summed E-state index contributed by atoms with van der Waals surface area (Å²) in [5, 5.41) is 12.2. The van der Waals surface area contributed by atoms with Crippen molar-refractivity contribution in [2.45, 2.75) is 13.3 Å². The molecule has 3 aromatic rings. The van der Waals surface area contributed by atoms with E-state index in [1.54, 1.807) is 11.6 Å². The standard InChI is InChI=1S/C16H12FIN2O2S/c1-8-4-10(18)2-3-11(8)20-15-9(6-13(21)22)5-12-16(14(15)17)23-7-19-12/h2-5,7,20H,6H2,1H3,(H,21,22). The van der Waals surface area contributed by atoms with Crippen LogP contribution in [0.2, 0.25) is 0 Å². The van der Waals surface area contributed by atoms with Gasteiger partial charge in [0.2, 0.25) is 0 Å². The largest absolute Gasteiger partial charge is 0.481 e. The van der Waals surface area contributed by atoms with Crippen molar-refractivity contribution in [3.05, 3.63) is 50.3 Å². The lowest BCUT2D eigenvalue weighted by Crippen LogP contribution is -2.06. The summed E-state index contributed by atoms with van der Waals surface area (Å²) in [5.74, 6) is -1.47. The van der Waals surface area contributed by atoms with E-state index in [2.05, 4.69) is 32.9 Å². The average molecular weight is 442 g/mol. The van der Waals surface area contributed by atoms with Gasteiger partial charge in [0.1, 0.15) is 0 Å². The van der Waals surface area contributed by atoms with E-state index in [4.69, 9.17) is 5.11 Å². The Kier molecular flexibility index (Phi) is 4.49. The second-order valence-electron chi connectivity index (χ2n) is 5.08. The molecule has 3 rings (SSSR count). The number of aromatic nitrogens is 1. The number of thiazole rings is 1. The number of carbonyl (C=O) groups is 1. The zero-order chi connectivity index (χ0) is 16.6. The van der Waals surface area contributed by atoms with Crippen molar-refractivity contribution in [1.29, 1.82) is 0 Å². The first-order chi connectivity index (χ1) is 11.0. The van der Waals surface area contributed by atoms with E-state index in [1.165, 1.54) is 11.3 Å². The third-order valence-electron chi connectivity index (χ3n) is 3.44. The molecule has 0 atom stereocenters. The molecule has 0 aliphatic heterocycles. The summed E-state index contributed by atoms with van der Waals surface area (Å²) in [6.45, 7) is 1.92. The van der Waals surface area contributed by atoms with E-state index in [9.17, 15) is 9.18 Å². The van der Waals surface area contributed by atoms with Crippen LogP contribution in [0.5, 0.6) is 0 Å². The van der Waals surface area contributed by atoms with Crippen LogP contribution < -0.4 is 5.32 Å². The number of nitrogens with zero attached hydrogens (tertiary/aromatic N) is 1. The van der Waals surface area contributed by atoms with Crippen molar-refractivity contribution in [2.24, 2.45) is 0 Å². The first-order valence-corrected chi connectivity index (χ1v) is 8.71. The molecule has 1 heterocycles. The molecule has 0 fully saturated rings. The Hall–Kier alpha value is -1.74. The van der Waals surface area contributed by atoms with Crippen LogP contribution in [0.1, 0.15) is 11.1 Å². The number of hydrogen-bond donors (Lipinski definition) is 2. The predicted molar refractivity (Wildman–Crippen MR) is 98.1 cm³/mol. The molecule has 0 saturated heterocycles. The van der Waals surface area contributed by atoms with E-state index in [-0.39, 0.29) is 12.1 Å². The maximum Gasteiger partial charge on any atom is 0.307 e. The van der Waals surface area contributed by atoms with Crippen LogP contribution in [0, 0.1) is 16.3 Å². The highest BCUT2D eigenvalue weighted by Crippen LogP contribution is 2.34. The quantitative estimate of drug-likeness (QED) is 0.575. The van der Waals surface area contributed by atoms with Crippen molar-refractivity contribution < 1.29 is 14.3 Å². The van der Waals surface area contributed by atoms with Gasteiger partial charge in [0, 0.05) is 9.26 Å². The summed E-state index contributed by atoms with van der Waals surface area (Å²) in [6, 6.07) is 7.38. The Bertz CT molecular complexity index is 910. The second kappa shape index (κ2) is 6.40. The van der Waals surface area contributed by atoms with Gasteiger partial charge in [0.25, 0.3) is 0 Å². The smallest absolute Gasteiger partial charge is 0.307 e. The van der Waals surface area contributed by atoms with Crippen LogP contribution in [0.4, 0.5) is 15.8 Å². The highest BCUT2D eigenvalue weighted by molar-refractivity contribution is 14.1. The summed E-state index contributed by atoms with van der Waals surface area (Å²) in [7, 11) is 0. The van der Waals surface area contributed by atoms with Gasteiger partial charge in [-0.2, -0.15) is 0 Å². The van der Waals surface area contributed by atoms with Crippen LogP contribution in [0.15, 0.2) is 29.8 Å². The minimum Gasteiger partial charge on any atom is -0.481 e. The normalized spacial score (nSPS) is 10.9. The first kappa shape index (κ1) is 16.1. The maximum absolute atomic E-state index is 14.8. The number of fused-ring (bicyclic) bond motifs is 1. The highest BCUT2D eigenvalue weighted by atomic mass is 127. The van der Waals surface area contributed by atoms with Crippen molar-refractivity contribution in [1.82, 2.24) is 4.98 Å². The molecule has 23 heavy (non-hydrogen) atoms. The molecule has 0 aliphatic rings. The molecule has 118 valence electrons. The van der Waals surface area contributed by atoms with Crippen LogP contribution >= 0.6 is 33.9 Å². The molecule has 2 aromatic carbocycles. The number of anilines is 2. The molecule has 0 saturated carbocycles. The number of benzene rings is 2. The summed E-state index contributed by atoms with van der Waals surface area (Å²) in [4.78, 5) is 15.2. The molecular weight excluding hydrogens is 430 g/mol. The monoisotopic (exact) mass is 442 g/mol. The lowest BCUT2D eigenvalue weighted by molar-refractivity contribution is -0.136. The molecule has 7 heteroatoms. The molecule has 0 amide bonds. The molecule has 0 aliphatic carbocycles. The van der Waals surface area contributed by atoms with Crippen molar-refractivity contribution in [2.75, 3.05) is 5.32 Å². The van der Waals surface area contributed by atoms with Gasteiger partial charge in [-0.1, -0.05) is 0 Å². The number of carboxylic acids is 1. The lowest BCUT2D eigenvalue weighted by atomic mass is 10.1. The zero-order valence-electron chi connectivity index (χ0n) is 12.1. The second-order valence-corrected chi connectivity index (χ2v) is 7.18. The molecule has 0 bridgehead atoms. The number of aryl methyl sites for hydroxylation is 1. The van der Waals surface area contributed by atoms with E-state index < -0.39 is 11.8 Å². The number of hydrogen-bond acceptors (Lipinski definition) is 4. The highest BCUT2D eigenvalue weighted by Gasteiger charge is 2.18. The fraction of sp³-hybridized carbons (Fsp3) is 0.125. The van der Waals surface area contributed by atoms with Crippen LogP contribution in [0.25, 0.3) is 10.2 Å². The Morgan fingerprint density at radius 3 is 2.91 bits per heavy atom. The van der Waals surface area contributed by atoms with E-state index in [0.717, 1.165) is 14.8 Å². The van der Waals surface area contributed by atoms with Gasteiger partial charge in [-0.15, -0.1) is 11.3 Å². The van der Waals surface area contributed by atoms with Gasteiger partial charge in [-0.25, -0.2) is 9.37 Å². The Labute approximate surface area is 149 Å². The predicted octanol–water partition coefficient (Wildman–Crippen LogP) is 4.72. The van der Waals surface area contributed by atoms with Crippen molar-refractivity contribution >= 4 is 61.5 Å². The number of aliphatic carboxylic acids is 1. The van der Waals surface area contributed by atoms with Gasteiger partial charge >= 0.3 is 5.97 Å². The third-order valence-corrected chi connectivity index (χ3v) is 4.94. The third kappa shape index (κ3) is 3.30. The van der Waals surface area contributed by atoms with Crippen LogP contribution in [-0.4, -0.2) is 16.1 Å². The SMILES string of the molecule is Cc1cc(I)ccc1Nc1c(CC(=O)O)cc2ncsc2c1F. The van der Waals surface area contributed by atoms with Gasteiger partial charge in [-0.05, 0) is 64.9 Å². The van der Waals surface area contributed by atoms with E-state index in [0.29, 0.717) is 15.8 Å². The van der Waals surface area contributed by atoms with Gasteiger partial charge < -0.3 is 10.4 Å². The average Bonchev–Trinajstić information content (AvgIpc) is 2.93. The summed E-state index contributed by atoms with van der Waals surface area (Å²) < 4.78 is 16.3. The Morgan fingerprint density at radius 2 is 2.22 bits per heavy atom. The number of rotatable bonds is 4. The molecule has 0 unspecified atom stereocenters. The summed E-state index contributed by atoms with van der Waals surface area (Å²) >= 11 is 3.41. The van der Waals surface area contributed by atoms with Gasteiger partial charge in [0.15, 0.2) is 5.82 Å². The number of carboxylic acid groups (broad SMARTS) is 1. The Balaban J connectivity index is 2.13. The molecule has 1 aromatic heterocycles. The van der Waals surface area contributed by atoms with Gasteiger partial charge in [0.05, 0.1) is 27.8 Å². The number of halogens is 2. The van der Waals surface area contributed by atoms with Crippen LogP contribution in [0.3, 0.4) is 0 Å². The minimum absolute atomic E-state index is 0.202. The van der Waals surface area contributed by atoms with Crippen LogP contribution in [-0.2, 0) is 11.2 Å². The fourth-order valence-corrected chi connectivity index (χ4v) is 3.71. The minimum atomic E-state index is -1.01. The van der Waals surface area contributed by atoms with Gasteiger partial charge in [-0.3, -0.25) is 4.79 Å². The van der Waals surface area contributed by atoms with E-state index >= 15 is 0 Å². The molecule has 0 radical (unpaired) electrons. The fourth-order valence-electron chi connectivity index (χ4n) is 2.35. The number of nitrogens with one attached hydrogen (secondary N) is 1. The Morgan fingerprint density at radius 1 is 1.43 bits per heavy atom. The van der Waals surface area contributed by atoms with E-state index in [1.807, 2.05) is 25.1 Å². The summed E-state index contributed by atoms with van der Waals surface area (Å²) in [5.41, 5.74) is 4.33. The summed E-state index contributed by atoms with van der Waals surface area (Å²) in [6.07, 6.45) is -0.268. The molecule has 0 spiro atoms. The van der Waals surface area contributed by atoms with Crippen molar-refractivity contribution in [3.63, 3.8) is 0 Å². The molecule has 2 N–H and O–H groups in total. The van der Waals surface area contributed by atoms with Crippen molar-refractivity contribution in [3.8, 4) is 0 Å². The zero-order valence-corrected chi connectivity index (χ0v) is 15.0. The lowest BCUT2D eigenvalue weighted by Gasteiger charge is -2.15. The maximum atomic E-state index is 14.8. The molecule has 4 nitrogen and oxygen atoms in total. The molecular formula is C16H12FIN2O2S. The topological polar surface area (TPSA) is 62.2 Å².